The normalized spacial score (nSPS) is 14.7. The Balaban J connectivity index is 2.78. The van der Waals surface area contributed by atoms with Gasteiger partial charge >= 0.3 is 6.18 Å². The molecule has 0 bridgehead atoms. The van der Waals surface area contributed by atoms with Crippen molar-refractivity contribution >= 4 is 5.91 Å². The van der Waals surface area contributed by atoms with Crippen LogP contribution in [-0.4, -0.2) is 28.7 Å². The number of ether oxygens (including phenoxy) is 1. The van der Waals surface area contributed by atoms with E-state index in [9.17, 15) is 18.0 Å². The highest BCUT2D eigenvalue weighted by Gasteiger charge is 2.53. The summed E-state index contributed by atoms with van der Waals surface area (Å²) in [5.41, 5.74) is 2.56. The number of amides is 1. The highest BCUT2D eigenvalue weighted by atomic mass is 19.4. The van der Waals surface area contributed by atoms with Gasteiger partial charge in [0.05, 0.1) is 6.10 Å². The fourth-order valence-electron chi connectivity index (χ4n) is 1.38. The van der Waals surface area contributed by atoms with Crippen LogP contribution in [0.15, 0.2) is 18.3 Å². The second-order valence-electron chi connectivity index (χ2n) is 5.02. The third-order valence-electron chi connectivity index (χ3n) is 2.70. The summed E-state index contributed by atoms with van der Waals surface area (Å²) in [4.78, 5) is 15.6. The van der Waals surface area contributed by atoms with Crippen LogP contribution in [0.25, 0.3) is 0 Å². The van der Waals surface area contributed by atoms with Crippen molar-refractivity contribution in [2.24, 2.45) is 5.73 Å². The summed E-state index contributed by atoms with van der Waals surface area (Å²) in [6.07, 6.45) is -3.49. The van der Waals surface area contributed by atoms with E-state index < -0.39 is 17.6 Å². The Morgan fingerprint density at radius 2 is 2.10 bits per heavy atom. The maximum atomic E-state index is 12.6. The summed E-state index contributed by atoms with van der Waals surface area (Å²) < 4.78 is 43.3. The van der Waals surface area contributed by atoms with Gasteiger partial charge in [0.1, 0.15) is 0 Å². The number of alkyl halides is 3. The summed E-state index contributed by atoms with van der Waals surface area (Å²) in [5.74, 6) is -1.05. The van der Waals surface area contributed by atoms with Crippen molar-refractivity contribution in [3.63, 3.8) is 0 Å². The molecule has 5 nitrogen and oxygen atoms in total. The van der Waals surface area contributed by atoms with Gasteiger partial charge in [-0.3, -0.25) is 4.79 Å². The van der Waals surface area contributed by atoms with E-state index in [0.29, 0.717) is 12.5 Å². The number of halogens is 3. The first-order valence-corrected chi connectivity index (χ1v) is 6.30. The van der Waals surface area contributed by atoms with Gasteiger partial charge in [-0.25, -0.2) is 4.98 Å². The number of carbonyl (C=O) groups excluding carboxylic acids is 1. The molecule has 1 amide bonds. The summed E-state index contributed by atoms with van der Waals surface area (Å²) in [5, 5.41) is 2.16. The molecule has 0 saturated heterocycles. The van der Waals surface area contributed by atoms with Crippen LogP contribution in [-0.2, 0) is 11.3 Å². The van der Waals surface area contributed by atoms with Crippen LogP contribution in [0.3, 0.4) is 0 Å². The SMILES string of the molecule is CC(C)Oc1ncccc1CNC(=O)C(C)(N)C(F)(F)F. The zero-order chi connectivity index (χ0) is 16.3. The van der Waals surface area contributed by atoms with Crippen LogP contribution in [0.1, 0.15) is 26.3 Å². The standard InChI is InChI=1S/C13H18F3N3O2/c1-8(2)21-10-9(5-4-6-18-10)7-19-11(20)12(3,17)13(14,15)16/h4-6,8H,7,17H2,1-3H3,(H,19,20). The second-order valence-corrected chi connectivity index (χ2v) is 5.02. The lowest BCUT2D eigenvalue weighted by Gasteiger charge is -2.26. The van der Waals surface area contributed by atoms with Crippen LogP contribution >= 0.6 is 0 Å². The molecule has 3 N–H and O–H groups in total. The molecule has 1 heterocycles. The summed E-state index contributed by atoms with van der Waals surface area (Å²) >= 11 is 0. The number of pyridine rings is 1. The number of aromatic nitrogens is 1. The molecule has 0 aromatic carbocycles. The lowest BCUT2D eigenvalue weighted by molar-refractivity contribution is -0.187. The van der Waals surface area contributed by atoms with E-state index in [1.54, 1.807) is 26.0 Å². The van der Waals surface area contributed by atoms with Crippen molar-refractivity contribution in [3.8, 4) is 5.88 Å². The fraction of sp³-hybridized carbons (Fsp3) is 0.538. The topological polar surface area (TPSA) is 77.2 Å². The van der Waals surface area contributed by atoms with E-state index in [2.05, 4.69) is 10.3 Å². The molecule has 0 aliphatic rings. The van der Waals surface area contributed by atoms with Crippen LogP contribution in [0.5, 0.6) is 5.88 Å². The third kappa shape index (κ3) is 4.32. The largest absolute Gasteiger partial charge is 0.475 e. The summed E-state index contributed by atoms with van der Waals surface area (Å²) in [6, 6.07) is 3.20. The molecule has 0 aliphatic heterocycles. The molecular formula is C13H18F3N3O2. The molecule has 0 spiro atoms. The molecule has 21 heavy (non-hydrogen) atoms. The number of hydrogen-bond acceptors (Lipinski definition) is 4. The van der Waals surface area contributed by atoms with Gasteiger partial charge in [0.2, 0.25) is 11.8 Å². The first kappa shape index (κ1) is 17.2. The van der Waals surface area contributed by atoms with Crippen molar-refractivity contribution in [2.45, 2.75) is 45.1 Å². The number of carbonyl (C=O) groups is 1. The molecule has 0 saturated carbocycles. The second kappa shape index (κ2) is 6.30. The van der Waals surface area contributed by atoms with Crippen LogP contribution in [0, 0.1) is 0 Å². The molecule has 1 rings (SSSR count). The molecule has 0 aliphatic carbocycles. The Labute approximate surface area is 120 Å². The number of nitrogens with zero attached hydrogens (tertiary/aromatic N) is 1. The summed E-state index contributed by atoms with van der Waals surface area (Å²) in [6.45, 7) is 4.05. The number of hydrogen-bond donors (Lipinski definition) is 2. The van der Waals surface area contributed by atoms with Gasteiger partial charge < -0.3 is 15.8 Å². The van der Waals surface area contributed by atoms with E-state index >= 15 is 0 Å². The molecule has 0 radical (unpaired) electrons. The van der Waals surface area contributed by atoms with E-state index in [-0.39, 0.29) is 18.5 Å². The smallest absolute Gasteiger partial charge is 0.415 e. The maximum Gasteiger partial charge on any atom is 0.415 e. The summed E-state index contributed by atoms with van der Waals surface area (Å²) in [7, 11) is 0. The van der Waals surface area contributed by atoms with Crippen molar-refractivity contribution in [1.29, 1.82) is 0 Å². The molecule has 1 aromatic heterocycles. The molecular weight excluding hydrogens is 287 g/mol. The first-order chi connectivity index (χ1) is 9.55. The maximum absolute atomic E-state index is 12.6. The van der Waals surface area contributed by atoms with E-state index in [1.807, 2.05) is 0 Å². The van der Waals surface area contributed by atoms with Crippen molar-refractivity contribution in [1.82, 2.24) is 10.3 Å². The van der Waals surface area contributed by atoms with Gasteiger partial charge in [-0.1, -0.05) is 6.07 Å². The molecule has 1 atom stereocenters. The van der Waals surface area contributed by atoms with Crippen molar-refractivity contribution in [2.75, 3.05) is 0 Å². The number of nitrogens with one attached hydrogen (secondary N) is 1. The minimum Gasteiger partial charge on any atom is -0.475 e. The molecule has 118 valence electrons. The average molecular weight is 305 g/mol. The number of nitrogens with two attached hydrogens (primary N) is 1. The highest BCUT2D eigenvalue weighted by molar-refractivity contribution is 5.86. The molecule has 1 aromatic rings. The zero-order valence-electron chi connectivity index (χ0n) is 12.0. The zero-order valence-corrected chi connectivity index (χ0v) is 12.0. The Kier molecular flexibility index (Phi) is 5.16. The fourth-order valence-corrected chi connectivity index (χ4v) is 1.38. The van der Waals surface area contributed by atoms with Crippen LogP contribution in [0.2, 0.25) is 0 Å². The third-order valence-corrected chi connectivity index (χ3v) is 2.70. The lowest BCUT2D eigenvalue weighted by atomic mass is 10.0. The van der Waals surface area contributed by atoms with E-state index in [4.69, 9.17) is 10.5 Å². The van der Waals surface area contributed by atoms with Gasteiger partial charge in [-0.15, -0.1) is 0 Å². The van der Waals surface area contributed by atoms with Gasteiger partial charge in [0.15, 0.2) is 5.54 Å². The molecule has 0 fully saturated rings. The Morgan fingerprint density at radius 1 is 1.48 bits per heavy atom. The Bertz CT molecular complexity index is 502. The molecule has 8 heteroatoms. The van der Waals surface area contributed by atoms with E-state index in [1.165, 1.54) is 6.20 Å². The van der Waals surface area contributed by atoms with Gasteiger partial charge in [0, 0.05) is 18.3 Å². The van der Waals surface area contributed by atoms with Crippen LogP contribution in [0.4, 0.5) is 13.2 Å². The van der Waals surface area contributed by atoms with Gasteiger partial charge in [-0.2, -0.15) is 13.2 Å². The van der Waals surface area contributed by atoms with Gasteiger partial charge in [-0.05, 0) is 26.8 Å². The average Bonchev–Trinajstić information content (AvgIpc) is 2.35. The van der Waals surface area contributed by atoms with Gasteiger partial charge in [0.25, 0.3) is 0 Å². The quantitative estimate of drug-likeness (QED) is 0.869. The monoisotopic (exact) mass is 305 g/mol. The lowest BCUT2D eigenvalue weighted by Crippen LogP contribution is -2.61. The highest BCUT2D eigenvalue weighted by Crippen LogP contribution is 2.28. The first-order valence-electron chi connectivity index (χ1n) is 6.30. The van der Waals surface area contributed by atoms with Crippen LogP contribution < -0.4 is 15.8 Å². The number of rotatable bonds is 5. The minimum absolute atomic E-state index is 0.149. The Hall–Kier alpha value is -1.83. The minimum atomic E-state index is -4.83. The molecule has 1 unspecified atom stereocenters. The van der Waals surface area contributed by atoms with Crippen molar-refractivity contribution in [3.05, 3.63) is 23.9 Å². The predicted molar refractivity (Wildman–Crippen MR) is 70.5 cm³/mol. The van der Waals surface area contributed by atoms with E-state index in [0.717, 1.165) is 0 Å². The Morgan fingerprint density at radius 3 is 2.62 bits per heavy atom. The van der Waals surface area contributed by atoms with Crippen molar-refractivity contribution < 1.29 is 22.7 Å². The predicted octanol–water partition coefficient (Wildman–Crippen LogP) is 1.76.